The number of para-hydroxylation sites is 2. The average molecular weight is 376 g/mol. The van der Waals surface area contributed by atoms with Gasteiger partial charge in [0.15, 0.2) is 9.84 Å². The molecule has 136 valence electrons. The summed E-state index contributed by atoms with van der Waals surface area (Å²) in [6, 6.07) is 11.1. The van der Waals surface area contributed by atoms with Crippen LogP contribution in [0.1, 0.15) is 0 Å². The molecule has 0 aromatic heterocycles. The molecule has 2 aliphatic rings. The van der Waals surface area contributed by atoms with Crippen LogP contribution in [0.4, 0.5) is 20.6 Å². The van der Waals surface area contributed by atoms with Crippen LogP contribution in [0.5, 0.6) is 5.75 Å². The van der Waals surface area contributed by atoms with Gasteiger partial charge in [-0.1, -0.05) is 12.1 Å². The Morgan fingerprint density at radius 1 is 1.00 bits per heavy atom. The molecule has 4 rings (SSSR count). The molecule has 2 aromatic carbocycles. The van der Waals surface area contributed by atoms with E-state index in [1.54, 1.807) is 24.3 Å². The van der Waals surface area contributed by atoms with Crippen molar-refractivity contribution in [2.75, 3.05) is 28.4 Å². The van der Waals surface area contributed by atoms with E-state index in [1.165, 1.54) is 41.2 Å². The molecule has 0 N–H and O–H groups in total. The Bertz CT molecular complexity index is 961. The molecule has 6 nitrogen and oxygen atoms in total. The van der Waals surface area contributed by atoms with Crippen molar-refractivity contribution in [3.05, 3.63) is 54.3 Å². The first-order valence-electron chi connectivity index (χ1n) is 8.13. The van der Waals surface area contributed by atoms with Crippen LogP contribution < -0.4 is 14.5 Å². The molecule has 2 aliphatic heterocycles. The number of carbonyl (C=O) groups is 1. The standard InChI is InChI=1S/C18H17FN2O4S/c1-25-17-5-3-2-4-14(17)21-16-11-26(23,24)10-15(16)20(18(21)22)13-8-6-12(19)7-9-13/h2-9,15-16H,10-11H2,1H3/t15-,16-/m0/s1. The number of benzene rings is 2. The van der Waals surface area contributed by atoms with Gasteiger partial charge in [-0.2, -0.15) is 0 Å². The van der Waals surface area contributed by atoms with E-state index >= 15 is 0 Å². The number of methoxy groups -OCH3 is 1. The molecule has 0 radical (unpaired) electrons. The van der Waals surface area contributed by atoms with Crippen molar-refractivity contribution in [2.45, 2.75) is 12.1 Å². The third-order valence-electron chi connectivity index (χ3n) is 4.82. The smallest absolute Gasteiger partial charge is 0.329 e. The highest BCUT2D eigenvalue weighted by atomic mass is 32.2. The number of carbonyl (C=O) groups excluding carboxylic acids is 1. The monoisotopic (exact) mass is 376 g/mol. The maximum atomic E-state index is 13.3. The van der Waals surface area contributed by atoms with E-state index in [-0.39, 0.29) is 17.5 Å². The first-order chi connectivity index (χ1) is 12.4. The van der Waals surface area contributed by atoms with E-state index in [1.807, 2.05) is 0 Å². The molecule has 0 spiro atoms. The number of amides is 2. The van der Waals surface area contributed by atoms with Gasteiger partial charge in [0.2, 0.25) is 0 Å². The number of hydrogen-bond donors (Lipinski definition) is 0. The van der Waals surface area contributed by atoms with Gasteiger partial charge in [-0.3, -0.25) is 9.80 Å². The number of ether oxygens (including phenoxy) is 1. The molecule has 0 aliphatic carbocycles. The summed E-state index contributed by atoms with van der Waals surface area (Å²) in [7, 11) is -1.79. The average Bonchev–Trinajstić information content (AvgIpc) is 3.04. The van der Waals surface area contributed by atoms with Crippen molar-refractivity contribution in [1.82, 2.24) is 0 Å². The van der Waals surface area contributed by atoms with Crippen LogP contribution in [0.2, 0.25) is 0 Å². The van der Waals surface area contributed by atoms with E-state index in [4.69, 9.17) is 4.74 Å². The van der Waals surface area contributed by atoms with E-state index in [0.29, 0.717) is 17.1 Å². The summed E-state index contributed by atoms with van der Waals surface area (Å²) in [5, 5.41) is 0. The van der Waals surface area contributed by atoms with Crippen molar-refractivity contribution in [1.29, 1.82) is 0 Å². The molecule has 0 saturated carbocycles. The fourth-order valence-electron chi connectivity index (χ4n) is 3.72. The van der Waals surface area contributed by atoms with Crippen molar-refractivity contribution in [3.8, 4) is 5.75 Å². The lowest BCUT2D eigenvalue weighted by Crippen LogP contribution is -2.38. The second kappa shape index (κ2) is 5.98. The van der Waals surface area contributed by atoms with Gasteiger partial charge in [0.25, 0.3) is 0 Å². The van der Waals surface area contributed by atoms with E-state index in [2.05, 4.69) is 0 Å². The molecule has 0 bridgehead atoms. The van der Waals surface area contributed by atoms with Crippen LogP contribution in [0, 0.1) is 5.82 Å². The van der Waals surface area contributed by atoms with Gasteiger partial charge in [-0.05, 0) is 36.4 Å². The number of sulfone groups is 1. The fraction of sp³-hybridized carbons (Fsp3) is 0.278. The molecule has 2 aromatic rings. The largest absolute Gasteiger partial charge is 0.495 e. The first kappa shape index (κ1) is 16.8. The predicted molar refractivity (Wildman–Crippen MR) is 96.0 cm³/mol. The fourth-order valence-corrected chi connectivity index (χ4v) is 5.64. The maximum absolute atomic E-state index is 13.3. The summed E-state index contributed by atoms with van der Waals surface area (Å²) in [4.78, 5) is 16.1. The summed E-state index contributed by atoms with van der Waals surface area (Å²) < 4.78 is 43.1. The minimum Gasteiger partial charge on any atom is -0.495 e. The van der Waals surface area contributed by atoms with E-state index in [9.17, 15) is 17.6 Å². The maximum Gasteiger partial charge on any atom is 0.329 e. The Morgan fingerprint density at radius 3 is 2.27 bits per heavy atom. The molecule has 2 saturated heterocycles. The zero-order valence-electron chi connectivity index (χ0n) is 14.0. The Hall–Kier alpha value is -2.61. The van der Waals surface area contributed by atoms with Crippen molar-refractivity contribution >= 4 is 27.2 Å². The molecule has 2 atom stereocenters. The number of urea groups is 1. The Morgan fingerprint density at radius 2 is 1.62 bits per heavy atom. The zero-order chi connectivity index (χ0) is 18.5. The third kappa shape index (κ3) is 2.61. The summed E-state index contributed by atoms with van der Waals surface area (Å²) >= 11 is 0. The lowest BCUT2D eigenvalue weighted by Gasteiger charge is -2.24. The summed E-state index contributed by atoms with van der Waals surface area (Å²) in [6.07, 6.45) is 0. The number of halogens is 1. The molecule has 0 unspecified atom stereocenters. The molecule has 8 heteroatoms. The lowest BCUT2D eigenvalue weighted by atomic mass is 10.1. The second-order valence-corrected chi connectivity index (χ2v) is 8.54. The Kier molecular flexibility index (Phi) is 3.87. The van der Waals surface area contributed by atoms with Gasteiger partial charge < -0.3 is 4.74 Å². The van der Waals surface area contributed by atoms with Crippen LogP contribution >= 0.6 is 0 Å². The van der Waals surface area contributed by atoms with Crippen molar-refractivity contribution < 1.29 is 22.3 Å². The van der Waals surface area contributed by atoms with Gasteiger partial charge in [-0.15, -0.1) is 0 Å². The van der Waals surface area contributed by atoms with E-state index in [0.717, 1.165) is 0 Å². The summed E-state index contributed by atoms with van der Waals surface area (Å²) in [6.45, 7) is 0. The van der Waals surface area contributed by atoms with Gasteiger partial charge in [0, 0.05) is 5.69 Å². The number of anilines is 2. The van der Waals surface area contributed by atoms with Crippen LogP contribution in [0.3, 0.4) is 0 Å². The van der Waals surface area contributed by atoms with Gasteiger partial charge in [0.05, 0.1) is 36.4 Å². The predicted octanol–water partition coefficient (Wildman–Crippen LogP) is 2.45. The van der Waals surface area contributed by atoms with Crippen molar-refractivity contribution in [2.24, 2.45) is 0 Å². The number of fused-ring (bicyclic) bond motifs is 1. The van der Waals surface area contributed by atoms with Crippen molar-refractivity contribution in [3.63, 3.8) is 0 Å². The molecule has 2 fully saturated rings. The lowest BCUT2D eigenvalue weighted by molar-refractivity contribution is 0.255. The van der Waals surface area contributed by atoms with Gasteiger partial charge in [0.1, 0.15) is 11.6 Å². The summed E-state index contributed by atoms with van der Waals surface area (Å²) in [5.74, 6) is -0.159. The molecular weight excluding hydrogens is 359 g/mol. The zero-order valence-corrected chi connectivity index (χ0v) is 14.8. The second-order valence-electron chi connectivity index (χ2n) is 6.38. The van der Waals surface area contributed by atoms with E-state index < -0.39 is 27.7 Å². The first-order valence-corrected chi connectivity index (χ1v) is 9.95. The number of rotatable bonds is 3. The van der Waals surface area contributed by atoms with Crippen LogP contribution in [-0.4, -0.2) is 45.1 Å². The highest BCUT2D eigenvalue weighted by Gasteiger charge is 2.54. The molecule has 2 amide bonds. The van der Waals surface area contributed by atoms with Crippen LogP contribution in [0.25, 0.3) is 0 Å². The summed E-state index contributed by atoms with van der Waals surface area (Å²) in [5.41, 5.74) is 0.998. The Balaban J connectivity index is 1.83. The molecule has 26 heavy (non-hydrogen) atoms. The van der Waals surface area contributed by atoms with Crippen LogP contribution in [0.15, 0.2) is 48.5 Å². The minimum absolute atomic E-state index is 0.112. The Labute approximate surface area is 150 Å². The SMILES string of the molecule is COc1ccccc1N1C(=O)N(c2ccc(F)cc2)[C@H]2CS(=O)(=O)C[C@@H]21. The van der Waals surface area contributed by atoms with Gasteiger partial charge in [-0.25, -0.2) is 17.6 Å². The van der Waals surface area contributed by atoms with Crippen LogP contribution in [-0.2, 0) is 9.84 Å². The highest BCUT2D eigenvalue weighted by molar-refractivity contribution is 7.91. The number of hydrogen-bond acceptors (Lipinski definition) is 4. The quantitative estimate of drug-likeness (QED) is 0.772. The highest BCUT2D eigenvalue weighted by Crippen LogP contribution is 2.40. The topological polar surface area (TPSA) is 66.9 Å². The molecule has 2 heterocycles. The third-order valence-corrected chi connectivity index (χ3v) is 6.52. The van der Waals surface area contributed by atoms with Gasteiger partial charge >= 0.3 is 6.03 Å². The normalized spacial score (nSPS) is 24.0. The number of nitrogens with zero attached hydrogens (tertiary/aromatic N) is 2. The molecular formula is C18H17FN2O4S. The minimum atomic E-state index is -3.29.